The number of aromatic nitrogens is 2. The Labute approximate surface area is 187 Å². The van der Waals surface area contributed by atoms with E-state index in [1.165, 1.54) is 18.5 Å². The van der Waals surface area contributed by atoms with Crippen molar-refractivity contribution >= 4 is 17.9 Å². The third kappa shape index (κ3) is 4.88. The SMILES string of the molecule is Cc1cc(-c2cn[nH]c2)ccc1N(C=N)CC1CCCN(C(=O)c2ccc(F)cc2)CC1. The first-order chi connectivity index (χ1) is 15.5. The van der Waals surface area contributed by atoms with Gasteiger partial charge in [0.25, 0.3) is 5.91 Å². The molecule has 2 N–H and O–H groups in total. The van der Waals surface area contributed by atoms with Crippen LogP contribution in [0.4, 0.5) is 10.1 Å². The number of halogens is 1. The summed E-state index contributed by atoms with van der Waals surface area (Å²) in [6, 6.07) is 12.0. The quantitative estimate of drug-likeness (QED) is 0.430. The molecular formula is C25H28FN5O. The number of anilines is 1. The summed E-state index contributed by atoms with van der Waals surface area (Å²) in [6.45, 7) is 4.18. The van der Waals surface area contributed by atoms with Gasteiger partial charge in [-0.3, -0.25) is 15.3 Å². The lowest BCUT2D eigenvalue weighted by Crippen LogP contribution is -2.33. The van der Waals surface area contributed by atoms with Crippen LogP contribution in [-0.2, 0) is 0 Å². The van der Waals surface area contributed by atoms with Gasteiger partial charge in [-0.1, -0.05) is 6.07 Å². The van der Waals surface area contributed by atoms with E-state index in [2.05, 4.69) is 35.3 Å². The highest BCUT2D eigenvalue weighted by Gasteiger charge is 2.23. The summed E-state index contributed by atoms with van der Waals surface area (Å²) >= 11 is 0. The molecule has 32 heavy (non-hydrogen) atoms. The van der Waals surface area contributed by atoms with Gasteiger partial charge < -0.3 is 9.80 Å². The summed E-state index contributed by atoms with van der Waals surface area (Å²) in [7, 11) is 0. The van der Waals surface area contributed by atoms with Crippen LogP contribution in [0.3, 0.4) is 0 Å². The van der Waals surface area contributed by atoms with Crippen LogP contribution in [0.1, 0.15) is 35.2 Å². The Morgan fingerprint density at radius 3 is 2.72 bits per heavy atom. The van der Waals surface area contributed by atoms with Gasteiger partial charge in [-0.05, 0) is 79.6 Å². The zero-order valence-corrected chi connectivity index (χ0v) is 18.2. The standard InChI is InChI=1S/C25H28FN5O/c1-18-13-21(22-14-28-29-15-22)6-9-24(18)31(17-27)16-19-3-2-11-30(12-10-19)25(32)20-4-7-23(26)8-5-20/h4-9,13-15,17,19,27H,2-3,10-12,16H2,1H3,(H,28,29). The number of hydrogen-bond donors (Lipinski definition) is 2. The van der Waals surface area contributed by atoms with E-state index < -0.39 is 0 Å². The number of likely N-dealkylation sites (tertiary alicyclic amines) is 1. The van der Waals surface area contributed by atoms with Gasteiger partial charge >= 0.3 is 0 Å². The number of amides is 1. The molecule has 0 spiro atoms. The van der Waals surface area contributed by atoms with Gasteiger partial charge in [0.2, 0.25) is 0 Å². The lowest BCUT2D eigenvalue weighted by atomic mass is 9.99. The maximum Gasteiger partial charge on any atom is 0.253 e. The van der Waals surface area contributed by atoms with Crippen LogP contribution >= 0.6 is 0 Å². The largest absolute Gasteiger partial charge is 0.339 e. The first kappa shape index (κ1) is 21.7. The van der Waals surface area contributed by atoms with E-state index >= 15 is 0 Å². The zero-order chi connectivity index (χ0) is 22.5. The number of nitrogens with one attached hydrogen (secondary N) is 2. The molecule has 7 heteroatoms. The molecule has 0 radical (unpaired) electrons. The van der Waals surface area contributed by atoms with Crippen LogP contribution in [0.25, 0.3) is 11.1 Å². The average Bonchev–Trinajstić information content (AvgIpc) is 3.24. The minimum absolute atomic E-state index is 0.0414. The second kappa shape index (κ2) is 9.77. The Bertz CT molecular complexity index is 1060. The fourth-order valence-electron chi connectivity index (χ4n) is 4.39. The maximum atomic E-state index is 13.2. The molecule has 1 aliphatic rings. The monoisotopic (exact) mass is 433 g/mol. The molecule has 0 bridgehead atoms. The third-order valence-electron chi connectivity index (χ3n) is 6.17. The normalized spacial score (nSPS) is 16.4. The van der Waals surface area contributed by atoms with E-state index in [1.54, 1.807) is 18.3 Å². The van der Waals surface area contributed by atoms with Gasteiger partial charge in [-0.15, -0.1) is 0 Å². The summed E-state index contributed by atoms with van der Waals surface area (Å²) in [4.78, 5) is 16.7. The van der Waals surface area contributed by atoms with Gasteiger partial charge in [0.15, 0.2) is 0 Å². The molecular weight excluding hydrogens is 405 g/mol. The van der Waals surface area contributed by atoms with Crippen molar-refractivity contribution < 1.29 is 9.18 Å². The van der Waals surface area contributed by atoms with Crippen LogP contribution in [0.5, 0.6) is 0 Å². The highest BCUT2D eigenvalue weighted by Crippen LogP contribution is 2.28. The van der Waals surface area contributed by atoms with E-state index in [1.807, 2.05) is 16.0 Å². The summed E-state index contributed by atoms with van der Waals surface area (Å²) in [5.74, 6) is 0.00751. The number of H-pyrrole nitrogens is 1. The molecule has 0 aliphatic carbocycles. The minimum Gasteiger partial charge on any atom is -0.339 e. The lowest BCUT2D eigenvalue weighted by Gasteiger charge is -2.26. The smallest absolute Gasteiger partial charge is 0.253 e. The summed E-state index contributed by atoms with van der Waals surface area (Å²) in [6.07, 6.45) is 7.86. The van der Waals surface area contributed by atoms with Crippen LogP contribution in [0.15, 0.2) is 54.9 Å². The Hall–Kier alpha value is -3.48. The van der Waals surface area contributed by atoms with E-state index in [-0.39, 0.29) is 11.7 Å². The van der Waals surface area contributed by atoms with Crippen LogP contribution in [0.2, 0.25) is 0 Å². The molecule has 1 fully saturated rings. The molecule has 3 aromatic rings. The van der Waals surface area contributed by atoms with Gasteiger partial charge in [0, 0.05) is 42.6 Å². The number of hydrogen-bond acceptors (Lipinski definition) is 3. The predicted molar refractivity (Wildman–Crippen MR) is 125 cm³/mol. The Morgan fingerprint density at radius 1 is 1.22 bits per heavy atom. The van der Waals surface area contributed by atoms with Crippen molar-refractivity contribution in [2.75, 3.05) is 24.5 Å². The van der Waals surface area contributed by atoms with Gasteiger partial charge in [0.05, 0.1) is 12.5 Å². The van der Waals surface area contributed by atoms with Gasteiger partial charge in [0.1, 0.15) is 5.82 Å². The Morgan fingerprint density at radius 2 is 2.03 bits per heavy atom. The van der Waals surface area contributed by atoms with Crippen molar-refractivity contribution in [1.82, 2.24) is 15.1 Å². The number of carbonyl (C=O) groups is 1. The lowest BCUT2D eigenvalue weighted by molar-refractivity contribution is 0.0760. The third-order valence-corrected chi connectivity index (χ3v) is 6.17. The van der Waals surface area contributed by atoms with Crippen LogP contribution in [0, 0.1) is 24.1 Å². The Kier molecular flexibility index (Phi) is 6.63. The number of benzene rings is 2. The topological polar surface area (TPSA) is 76.1 Å². The molecule has 1 amide bonds. The highest BCUT2D eigenvalue weighted by atomic mass is 19.1. The maximum absolute atomic E-state index is 13.2. The minimum atomic E-state index is -0.336. The highest BCUT2D eigenvalue weighted by molar-refractivity contribution is 5.94. The summed E-state index contributed by atoms with van der Waals surface area (Å²) in [5.41, 5.74) is 4.79. The fourth-order valence-corrected chi connectivity index (χ4v) is 4.39. The van der Waals surface area contributed by atoms with Crippen molar-refractivity contribution in [3.63, 3.8) is 0 Å². The Balaban J connectivity index is 1.40. The van der Waals surface area contributed by atoms with E-state index in [0.717, 1.165) is 48.2 Å². The molecule has 166 valence electrons. The van der Waals surface area contributed by atoms with Crippen molar-refractivity contribution in [1.29, 1.82) is 5.41 Å². The molecule has 4 rings (SSSR count). The number of aryl methyl sites for hydroxylation is 1. The van der Waals surface area contributed by atoms with Crippen LogP contribution < -0.4 is 4.90 Å². The summed E-state index contributed by atoms with van der Waals surface area (Å²) < 4.78 is 13.2. The molecule has 6 nitrogen and oxygen atoms in total. The second-order valence-electron chi connectivity index (χ2n) is 8.37. The molecule has 1 aliphatic heterocycles. The summed E-state index contributed by atoms with van der Waals surface area (Å²) in [5, 5.41) is 14.8. The van der Waals surface area contributed by atoms with Crippen molar-refractivity contribution in [3.8, 4) is 11.1 Å². The van der Waals surface area contributed by atoms with E-state index in [9.17, 15) is 9.18 Å². The van der Waals surface area contributed by atoms with Crippen molar-refractivity contribution in [2.24, 2.45) is 5.92 Å². The number of nitrogens with zero attached hydrogens (tertiary/aromatic N) is 3. The molecule has 0 saturated carbocycles. The van der Waals surface area contributed by atoms with Crippen LogP contribution in [-0.4, -0.2) is 47.0 Å². The molecule has 1 atom stereocenters. The molecule has 1 aromatic heterocycles. The average molecular weight is 434 g/mol. The fraction of sp³-hybridized carbons (Fsp3) is 0.320. The number of rotatable bonds is 6. The van der Waals surface area contributed by atoms with Crippen molar-refractivity contribution in [3.05, 3.63) is 71.8 Å². The molecule has 2 aromatic carbocycles. The van der Waals surface area contributed by atoms with E-state index in [4.69, 9.17) is 5.41 Å². The first-order valence-corrected chi connectivity index (χ1v) is 11.0. The predicted octanol–water partition coefficient (Wildman–Crippen LogP) is 4.88. The molecule has 1 unspecified atom stereocenters. The van der Waals surface area contributed by atoms with Crippen molar-refractivity contribution in [2.45, 2.75) is 26.2 Å². The first-order valence-electron chi connectivity index (χ1n) is 11.0. The number of carbonyl (C=O) groups excluding carboxylic acids is 1. The van der Waals surface area contributed by atoms with Gasteiger partial charge in [-0.25, -0.2) is 4.39 Å². The zero-order valence-electron chi connectivity index (χ0n) is 18.2. The number of aromatic amines is 1. The second-order valence-corrected chi connectivity index (χ2v) is 8.37. The van der Waals surface area contributed by atoms with Gasteiger partial charge in [-0.2, -0.15) is 5.10 Å². The van der Waals surface area contributed by atoms with E-state index in [0.29, 0.717) is 24.6 Å². The molecule has 2 heterocycles. The molecule has 1 saturated heterocycles.